The van der Waals surface area contributed by atoms with Crippen LogP contribution in [0.5, 0.6) is 0 Å². The summed E-state index contributed by atoms with van der Waals surface area (Å²) in [6.07, 6.45) is 4.37. The molecule has 3 atom stereocenters. The van der Waals surface area contributed by atoms with Crippen molar-refractivity contribution in [3.63, 3.8) is 0 Å². The first kappa shape index (κ1) is 18.5. The van der Waals surface area contributed by atoms with E-state index in [0.717, 1.165) is 12.8 Å². The van der Waals surface area contributed by atoms with E-state index in [1.54, 1.807) is 20.8 Å². The minimum atomic E-state index is -2.99. The lowest BCUT2D eigenvalue weighted by Gasteiger charge is -2.40. The molecule has 2 nitrogen and oxygen atoms in total. The van der Waals surface area contributed by atoms with Gasteiger partial charge in [0.1, 0.15) is 0 Å². The van der Waals surface area contributed by atoms with Gasteiger partial charge in [0.15, 0.2) is 9.84 Å². The summed E-state index contributed by atoms with van der Waals surface area (Å²) in [5.41, 5.74) is 0.328. The van der Waals surface area contributed by atoms with Gasteiger partial charge in [-0.2, -0.15) is 0 Å². The maximum Gasteiger partial charge on any atom is 0.155 e. The first-order chi connectivity index (χ1) is 8.84. The molecule has 0 heterocycles. The molecule has 0 aromatic rings. The summed E-state index contributed by atoms with van der Waals surface area (Å²) >= 11 is 3.77. The van der Waals surface area contributed by atoms with Gasteiger partial charge < -0.3 is 0 Å². The third kappa shape index (κ3) is 4.72. The normalized spacial score (nSPS) is 29.4. The minimum absolute atomic E-state index is 0.320. The van der Waals surface area contributed by atoms with Crippen molar-refractivity contribution in [2.45, 2.75) is 76.8 Å². The molecule has 0 amide bonds. The van der Waals surface area contributed by atoms with E-state index < -0.39 is 14.6 Å². The van der Waals surface area contributed by atoms with Crippen LogP contribution in [0.25, 0.3) is 0 Å². The van der Waals surface area contributed by atoms with Crippen LogP contribution in [-0.2, 0) is 9.84 Å². The summed E-state index contributed by atoms with van der Waals surface area (Å²) in [5, 5.41) is 0. The fourth-order valence-corrected chi connectivity index (χ4v) is 4.89. The molecule has 0 aliphatic heterocycles. The predicted octanol–water partition coefficient (Wildman–Crippen LogP) is 4.82. The molecular formula is C16H31BrO2S. The average molecular weight is 367 g/mol. The molecular weight excluding hydrogens is 336 g/mol. The molecule has 20 heavy (non-hydrogen) atoms. The predicted molar refractivity (Wildman–Crippen MR) is 91.2 cm³/mol. The molecule has 4 heteroatoms. The molecule has 120 valence electrons. The average Bonchev–Trinajstić information content (AvgIpc) is 2.24. The summed E-state index contributed by atoms with van der Waals surface area (Å²) in [5.74, 6) is 1.52. The van der Waals surface area contributed by atoms with Crippen molar-refractivity contribution in [2.75, 3.05) is 5.75 Å². The Labute approximate surface area is 134 Å². The molecule has 1 rings (SSSR count). The Kier molecular flexibility index (Phi) is 5.80. The van der Waals surface area contributed by atoms with Crippen LogP contribution in [0, 0.1) is 17.3 Å². The molecule has 0 spiro atoms. The molecule has 1 fully saturated rings. The Balaban J connectivity index is 2.67. The van der Waals surface area contributed by atoms with Gasteiger partial charge in [0.25, 0.3) is 0 Å². The Bertz CT molecular complexity index is 415. The van der Waals surface area contributed by atoms with Crippen molar-refractivity contribution in [1.29, 1.82) is 0 Å². The smallest absolute Gasteiger partial charge is 0.155 e. The third-order valence-corrected chi connectivity index (χ3v) is 8.65. The van der Waals surface area contributed by atoms with Crippen LogP contribution in [0.3, 0.4) is 0 Å². The Morgan fingerprint density at radius 2 is 1.60 bits per heavy atom. The van der Waals surface area contributed by atoms with Crippen molar-refractivity contribution in [3.05, 3.63) is 0 Å². The fourth-order valence-electron chi connectivity index (χ4n) is 2.93. The molecule has 0 N–H and O–H groups in total. The van der Waals surface area contributed by atoms with E-state index in [-0.39, 0.29) is 0 Å². The number of hydrogen-bond acceptors (Lipinski definition) is 2. The van der Waals surface area contributed by atoms with Crippen LogP contribution < -0.4 is 0 Å². The molecule has 0 aromatic carbocycles. The Morgan fingerprint density at radius 1 is 1.05 bits per heavy atom. The van der Waals surface area contributed by atoms with Crippen molar-refractivity contribution in [3.8, 4) is 0 Å². The number of halogens is 1. The van der Waals surface area contributed by atoms with Crippen molar-refractivity contribution in [2.24, 2.45) is 17.3 Å². The van der Waals surface area contributed by atoms with Gasteiger partial charge in [-0.15, -0.1) is 0 Å². The highest BCUT2D eigenvalue weighted by Crippen LogP contribution is 2.43. The van der Waals surface area contributed by atoms with E-state index in [1.165, 1.54) is 12.8 Å². The standard InChI is InChI=1S/C16H31BrO2S/c1-15(2,3)13-7-8-14(17)12(11-13)9-10-20(18,19)16(4,5)6/h12-14H,7-11H2,1-6H3. The topological polar surface area (TPSA) is 34.1 Å². The molecule has 1 aliphatic rings. The highest BCUT2D eigenvalue weighted by molar-refractivity contribution is 9.09. The summed E-state index contributed by atoms with van der Waals surface area (Å²) in [7, 11) is -2.99. The van der Waals surface area contributed by atoms with Crippen molar-refractivity contribution in [1.82, 2.24) is 0 Å². The van der Waals surface area contributed by atoms with Gasteiger partial charge in [0, 0.05) is 4.83 Å². The second kappa shape index (κ2) is 6.28. The lowest BCUT2D eigenvalue weighted by molar-refractivity contribution is 0.145. The summed E-state index contributed by atoms with van der Waals surface area (Å²) in [6, 6.07) is 0. The fraction of sp³-hybridized carbons (Fsp3) is 1.00. The molecule has 1 aliphatic carbocycles. The molecule has 0 saturated heterocycles. The van der Waals surface area contributed by atoms with Crippen LogP contribution in [0.15, 0.2) is 0 Å². The zero-order chi connectivity index (χ0) is 15.8. The molecule has 1 saturated carbocycles. The highest BCUT2D eigenvalue weighted by Gasteiger charge is 2.36. The van der Waals surface area contributed by atoms with Crippen molar-refractivity contribution < 1.29 is 8.42 Å². The van der Waals surface area contributed by atoms with Gasteiger partial charge in [-0.05, 0) is 63.7 Å². The van der Waals surface area contributed by atoms with Gasteiger partial charge in [0.05, 0.1) is 10.5 Å². The molecule has 0 bridgehead atoms. The van der Waals surface area contributed by atoms with E-state index >= 15 is 0 Å². The number of hydrogen-bond donors (Lipinski definition) is 0. The largest absolute Gasteiger partial charge is 0.228 e. The lowest BCUT2D eigenvalue weighted by Crippen LogP contribution is -2.35. The molecule has 3 unspecified atom stereocenters. The van der Waals surface area contributed by atoms with Crippen LogP contribution in [0.1, 0.15) is 67.2 Å². The zero-order valence-corrected chi connectivity index (χ0v) is 16.3. The monoisotopic (exact) mass is 366 g/mol. The van der Waals surface area contributed by atoms with E-state index in [2.05, 4.69) is 36.7 Å². The molecule has 0 aromatic heterocycles. The van der Waals surface area contributed by atoms with E-state index in [0.29, 0.717) is 27.8 Å². The number of sulfone groups is 1. The maximum atomic E-state index is 12.3. The third-order valence-electron chi connectivity index (χ3n) is 4.80. The maximum absolute atomic E-state index is 12.3. The number of rotatable bonds is 3. The summed E-state index contributed by atoms with van der Waals surface area (Å²) in [6.45, 7) is 12.3. The van der Waals surface area contributed by atoms with Gasteiger partial charge in [-0.1, -0.05) is 36.7 Å². The van der Waals surface area contributed by atoms with Crippen LogP contribution in [0.4, 0.5) is 0 Å². The van der Waals surface area contributed by atoms with Gasteiger partial charge in [-0.25, -0.2) is 8.42 Å². The van der Waals surface area contributed by atoms with E-state index in [1.807, 2.05) is 0 Å². The second-order valence-electron chi connectivity index (χ2n) is 8.37. The minimum Gasteiger partial charge on any atom is -0.228 e. The Hall–Kier alpha value is 0.430. The van der Waals surface area contributed by atoms with E-state index in [4.69, 9.17) is 0 Å². The van der Waals surface area contributed by atoms with Gasteiger partial charge in [0.2, 0.25) is 0 Å². The zero-order valence-electron chi connectivity index (χ0n) is 13.9. The van der Waals surface area contributed by atoms with Crippen LogP contribution in [0.2, 0.25) is 0 Å². The van der Waals surface area contributed by atoms with E-state index in [9.17, 15) is 8.42 Å². The molecule has 0 radical (unpaired) electrons. The first-order valence-corrected chi connectivity index (χ1v) is 10.3. The Morgan fingerprint density at radius 3 is 2.05 bits per heavy atom. The summed E-state index contributed by atoms with van der Waals surface area (Å²) < 4.78 is 23.9. The SMILES string of the molecule is CC(C)(C)C1CCC(Br)C(CCS(=O)(=O)C(C)(C)C)C1. The quantitative estimate of drug-likeness (QED) is 0.671. The second-order valence-corrected chi connectivity index (χ2v) is 12.4. The lowest BCUT2D eigenvalue weighted by atomic mass is 9.68. The van der Waals surface area contributed by atoms with Crippen molar-refractivity contribution >= 4 is 25.8 Å². The van der Waals surface area contributed by atoms with Gasteiger partial charge >= 0.3 is 0 Å². The van der Waals surface area contributed by atoms with Crippen LogP contribution in [-0.4, -0.2) is 23.7 Å². The summed E-state index contributed by atoms with van der Waals surface area (Å²) in [4.78, 5) is 0.483. The van der Waals surface area contributed by atoms with Gasteiger partial charge in [-0.3, -0.25) is 0 Å². The number of alkyl halides is 1. The highest BCUT2D eigenvalue weighted by atomic mass is 79.9. The van der Waals surface area contributed by atoms with Crippen LogP contribution >= 0.6 is 15.9 Å². The first-order valence-electron chi connectivity index (χ1n) is 7.71.